The lowest BCUT2D eigenvalue weighted by Gasteiger charge is -2.14. The quantitative estimate of drug-likeness (QED) is 0.310. The van der Waals surface area contributed by atoms with Gasteiger partial charge in [0.05, 0.1) is 22.9 Å². The van der Waals surface area contributed by atoms with Crippen LogP contribution in [0.4, 0.5) is 20.7 Å². The Morgan fingerprint density at radius 1 is 1.03 bits per heavy atom. The summed E-state index contributed by atoms with van der Waals surface area (Å²) in [5.41, 5.74) is 7.74. The highest BCUT2D eigenvalue weighted by molar-refractivity contribution is 5.90. The van der Waals surface area contributed by atoms with Crippen molar-refractivity contribution in [3.05, 3.63) is 89.4 Å². The van der Waals surface area contributed by atoms with Crippen LogP contribution < -0.4 is 16.0 Å². The third kappa shape index (κ3) is 4.26. The summed E-state index contributed by atoms with van der Waals surface area (Å²) in [6.45, 7) is 4.41. The highest BCUT2D eigenvalue weighted by Gasteiger charge is 2.16. The number of nitrogens with zero attached hydrogens (tertiary/aromatic N) is 3. The van der Waals surface area contributed by atoms with E-state index in [1.807, 2.05) is 30.3 Å². The van der Waals surface area contributed by atoms with Crippen LogP contribution in [0.25, 0.3) is 27.9 Å². The van der Waals surface area contributed by atoms with Gasteiger partial charge < -0.3 is 16.0 Å². The molecule has 0 saturated heterocycles. The van der Waals surface area contributed by atoms with Gasteiger partial charge in [-0.15, -0.1) is 0 Å². The predicted octanol–water partition coefficient (Wildman–Crippen LogP) is 5.67. The normalized spacial score (nSPS) is 11.1. The number of hydrogen-bond acceptors (Lipinski definition) is 4. The summed E-state index contributed by atoms with van der Waals surface area (Å²) in [4.78, 5) is 21.1. The van der Waals surface area contributed by atoms with Crippen molar-refractivity contribution in [3.63, 3.8) is 0 Å². The number of carbonyl (C=O) groups is 1. The molecule has 176 valence electrons. The molecular formula is C27H25FN6O. The summed E-state index contributed by atoms with van der Waals surface area (Å²) in [5, 5.41) is 8.59. The summed E-state index contributed by atoms with van der Waals surface area (Å²) in [5.74, 6) is 0.311. The van der Waals surface area contributed by atoms with E-state index < -0.39 is 0 Å². The van der Waals surface area contributed by atoms with Gasteiger partial charge in [-0.2, -0.15) is 0 Å². The summed E-state index contributed by atoms with van der Waals surface area (Å²) in [6.07, 6.45) is 1.81. The van der Waals surface area contributed by atoms with Crippen LogP contribution in [0.2, 0.25) is 0 Å². The molecule has 7 nitrogen and oxygen atoms in total. The molecule has 0 atom stereocenters. The molecular weight excluding hydrogens is 443 g/mol. The minimum absolute atomic E-state index is 0.266. The second-order valence-corrected chi connectivity index (χ2v) is 8.41. The maximum Gasteiger partial charge on any atom is 0.318 e. The van der Waals surface area contributed by atoms with Crippen LogP contribution in [0, 0.1) is 19.7 Å². The molecule has 0 bridgehead atoms. The van der Waals surface area contributed by atoms with Crippen molar-refractivity contribution < 1.29 is 9.18 Å². The number of amides is 2. The van der Waals surface area contributed by atoms with Crippen molar-refractivity contribution in [2.24, 2.45) is 0 Å². The number of halogens is 1. The van der Waals surface area contributed by atoms with Crippen LogP contribution in [0.3, 0.4) is 0 Å². The minimum Gasteiger partial charge on any atom is -0.363 e. The van der Waals surface area contributed by atoms with Gasteiger partial charge in [-0.05, 0) is 55.3 Å². The number of aryl methyl sites for hydroxylation is 2. The molecule has 0 fully saturated rings. The largest absolute Gasteiger partial charge is 0.363 e. The highest BCUT2D eigenvalue weighted by atomic mass is 19.1. The molecule has 0 spiro atoms. The lowest BCUT2D eigenvalue weighted by atomic mass is 10.1. The van der Waals surface area contributed by atoms with Gasteiger partial charge in [-0.25, -0.2) is 19.2 Å². The SMILES string of the molecule is CNC(=O)Nc1ccc(-c2cnc3c(NCc4ccccc4F)nc4cc(C)c(C)cc4n23)cc1. The Morgan fingerprint density at radius 3 is 2.51 bits per heavy atom. The Kier molecular flexibility index (Phi) is 5.78. The summed E-state index contributed by atoms with van der Waals surface area (Å²) in [7, 11) is 1.57. The van der Waals surface area contributed by atoms with E-state index in [1.165, 1.54) is 6.07 Å². The number of hydrogen-bond donors (Lipinski definition) is 3. The lowest BCUT2D eigenvalue weighted by Crippen LogP contribution is -2.24. The van der Waals surface area contributed by atoms with Gasteiger partial charge in [0.1, 0.15) is 5.82 Å². The Labute approximate surface area is 202 Å². The first-order valence-corrected chi connectivity index (χ1v) is 11.3. The van der Waals surface area contributed by atoms with Crippen LogP contribution >= 0.6 is 0 Å². The monoisotopic (exact) mass is 468 g/mol. The Balaban J connectivity index is 1.62. The van der Waals surface area contributed by atoms with Gasteiger partial charge in [0, 0.05) is 30.4 Å². The molecule has 0 aliphatic rings. The number of urea groups is 1. The minimum atomic E-state index is -0.277. The first kappa shape index (κ1) is 22.3. The van der Waals surface area contributed by atoms with Gasteiger partial charge in [-0.3, -0.25) is 4.40 Å². The second-order valence-electron chi connectivity index (χ2n) is 8.41. The van der Waals surface area contributed by atoms with Gasteiger partial charge in [0.25, 0.3) is 0 Å². The lowest BCUT2D eigenvalue weighted by molar-refractivity contribution is 0.254. The first-order chi connectivity index (χ1) is 16.9. The Hall–Kier alpha value is -4.46. The van der Waals surface area contributed by atoms with Gasteiger partial charge >= 0.3 is 6.03 Å². The molecule has 3 aromatic carbocycles. The van der Waals surface area contributed by atoms with Gasteiger partial charge in [-0.1, -0.05) is 30.3 Å². The maximum atomic E-state index is 14.2. The molecule has 5 aromatic rings. The molecule has 8 heteroatoms. The standard InChI is InChI=1S/C27H25FN6O/c1-16-12-22-23(13-17(16)2)34-24(18-8-10-20(11-9-18)32-27(35)29-3)15-31-26(34)25(33-22)30-14-19-6-4-5-7-21(19)28/h4-13,15H,14H2,1-3H3,(H,30,33)(H2,29,32,35). The van der Waals surface area contributed by atoms with Crippen LogP contribution in [0.1, 0.15) is 16.7 Å². The van der Waals surface area contributed by atoms with Crippen molar-refractivity contribution in [1.29, 1.82) is 0 Å². The molecule has 35 heavy (non-hydrogen) atoms. The predicted molar refractivity (Wildman–Crippen MR) is 137 cm³/mol. The topological polar surface area (TPSA) is 83.3 Å². The third-order valence-corrected chi connectivity index (χ3v) is 6.11. The number of imidazole rings is 1. The van der Waals surface area contributed by atoms with Gasteiger partial charge in [0.15, 0.2) is 11.5 Å². The molecule has 2 aromatic heterocycles. The van der Waals surface area contributed by atoms with E-state index in [9.17, 15) is 9.18 Å². The summed E-state index contributed by atoms with van der Waals surface area (Å²) >= 11 is 0. The Bertz CT molecular complexity index is 1560. The van der Waals surface area contributed by atoms with Crippen molar-refractivity contribution in [1.82, 2.24) is 19.7 Å². The van der Waals surface area contributed by atoms with E-state index in [-0.39, 0.29) is 18.4 Å². The molecule has 5 rings (SSSR count). The number of benzene rings is 3. The van der Waals surface area contributed by atoms with Gasteiger partial charge in [0.2, 0.25) is 0 Å². The van der Waals surface area contributed by atoms with Crippen LogP contribution in [0.15, 0.2) is 66.9 Å². The number of rotatable bonds is 5. The zero-order valence-corrected chi connectivity index (χ0v) is 19.7. The average Bonchev–Trinajstić information content (AvgIpc) is 3.30. The zero-order chi connectivity index (χ0) is 24.5. The zero-order valence-electron chi connectivity index (χ0n) is 19.7. The molecule has 0 radical (unpaired) electrons. The highest BCUT2D eigenvalue weighted by Crippen LogP contribution is 2.30. The van der Waals surface area contributed by atoms with Crippen LogP contribution in [-0.4, -0.2) is 27.4 Å². The first-order valence-electron chi connectivity index (χ1n) is 11.3. The second kappa shape index (κ2) is 9.06. The van der Waals surface area contributed by atoms with E-state index in [2.05, 4.69) is 51.3 Å². The summed E-state index contributed by atoms with van der Waals surface area (Å²) < 4.78 is 16.3. The van der Waals surface area contributed by atoms with E-state index in [0.717, 1.165) is 33.4 Å². The number of carbonyl (C=O) groups excluding carboxylic acids is 1. The average molecular weight is 469 g/mol. The fraction of sp³-hybridized carbons (Fsp3) is 0.148. The van der Waals surface area contributed by atoms with E-state index >= 15 is 0 Å². The Morgan fingerprint density at radius 2 is 1.77 bits per heavy atom. The molecule has 2 heterocycles. The van der Waals surface area contributed by atoms with Crippen molar-refractivity contribution in [2.75, 3.05) is 17.7 Å². The molecule has 3 N–H and O–H groups in total. The number of fused-ring (bicyclic) bond motifs is 3. The number of nitrogens with one attached hydrogen (secondary N) is 3. The number of anilines is 2. The van der Waals surface area contributed by atoms with E-state index in [4.69, 9.17) is 4.98 Å². The maximum absolute atomic E-state index is 14.2. The van der Waals surface area contributed by atoms with E-state index in [1.54, 1.807) is 25.4 Å². The molecule has 0 aliphatic carbocycles. The molecule has 0 saturated carbocycles. The smallest absolute Gasteiger partial charge is 0.318 e. The summed E-state index contributed by atoms with van der Waals surface area (Å²) in [6, 6.07) is 18.1. The van der Waals surface area contributed by atoms with Crippen LogP contribution in [-0.2, 0) is 6.54 Å². The molecule has 0 unspecified atom stereocenters. The number of aromatic nitrogens is 3. The van der Waals surface area contributed by atoms with Crippen molar-refractivity contribution >= 4 is 34.2 Å². The molecule has 0 aliphatic heterocycles. The van der Waals surface area contributed by atoms with Crippen molar-refractivity contribution in [2.45, 2.75) is 20.4 Å². The van der Waals surface area contributed by atoms with Crippen LogP contribution in [0.5, 0.6) is 0 Å². The molecule has 2 amide bonds. The van der Waals surface area contributed by atoms with E-state index in [0.29, 0.717) is 22.7 Å². The van der Waals surface area contributed by atoms with Crippen molar-refractivity contribution in [3.8, 4) is 11.3 Å². The third-order valence-electron chi connectivity index (χ3n) is 6.11. The fourth-order valence-corrected chi connectivity index (χ4v) is 4.05. The fourth-order valence-electron chi connectivity index (χ4n) is 4.05.